The summed E-state index contributed by atoms with van der Waals surface area (Å²) in [6.07, 6.45) is 10.9. The van der Waals surface area contributed by atoms with Crippen molar-refractivity contribution in [2.24, 2.45) is 0 Å². The molecule has 0 aliphatic rings. The van der Waals surface area contributed by atoms with Crippen LogP contribution in [0.25, 0.3) is 11.0 Å². The number of carboxylic acids is 1. The van der Waals surface area contributed by atoms with E-state index in [1.54, 1.807) is 4.40 Å². The van der Waals surface area contributed by atoms with E-state index in [0.717, 1.165) is 17.5 Å². The van der Waals surface area contributed by atoms with E-state index in [4.69, 9.17) is 16.3 Å². The number of hydrogen-bond acceptors (Lipinski definition) is 4. The molecule has 5 nitrogen and oxygen atoms in total. The Morgan fingerprint density at radius 2 is 2.53 bits per heavy atom. The number of thiazole rings is 1. The number of nitrogens with zero attached hydrogens (tertiary/aromatic N) is 2. The van der Waals surface area contributed by atoms with Crippen molar-refractivity contribution in [2.75, 3.05) is 6.61 Å². The summed E-state index contributed by atoms with van der Waals surface area (Å²) < 4.78 is 7.34. The number of fused-ring (bicyclic) bond motifs is 1. The molecule has 0 aliphatic carbocycles. The summed E-state index contributed by atoms with van der Waals surface area (Å²) in [6, 6.07) is 0. The predicted octanol–water partition coefficient (Wildman–Crippen LogP) is 2.29. The van der Waals surface area contributed by atoms with Crippen molar-refractivity contribution in [3.63, 3.8) is 0 Å². The van der Waals surface area contributed by atoms with E-state index in [2.05, 4.69) is 10.9 Å². The van der Waals surface area contributed by atoms with Gasteiger partial charge in [-0.2, -0.15) is 4.98 Å². The second-order valence-corrected chi connectivity index (χ2v) is 4.56. The summed E-state index contributed by atoms with van der Waals surface area (Å²) in [5.41, 5.74) is 0.624. The average Bonchev–Trinajstić information content (AvgIpc) is 2.93. The molecule has 19 heavy (non-hydrogen) atoms. The summed E-state index contributed by atoms with van der Waals surface area (Å²) in [5, 5.41) is 10.6. The topological polar surface area (TPSA) is 63.8 Å². The number of aliphatic carboxylic acids is 1. The molecule has 0 spiro atoms. The Morgan fingerprint density at radius 1 is 1.68 bits per heavy atom. The summed E-state index contributed by atoms with van der Waals surface area (Å²) in [6.45, 7) is 0.461. The van der Waals surface area contributed by atoms with E-state index >= 15 is 0 Å². The third-order valence-electron chi connectivity index (χ3n) is 2.35. The van der Waals surface area contributed by atoms with Crippen molar-refractivity contribution >= 4 is 28.3 Å². The lowest BCUT2D eigenvalue weighted by Crippen LogP contribution is -1.99. The Labute approximate surface area is 114 Å². The fraction of sp³-hybridized carbons (Fsp3) is 0.231. The van der Waals surface area contributed by atoms with Gasteiger partial charge in [0.15, 0.2) is 4.96 Å². The lowest BCUT2D eigenvalue weighted by molar-refractivity contribution is -0.131. The molecule has 0 amide bonds. The lowest BCUT2D eigenvalue weighted by atomic mass is 10.3. The zero-order chi connectivity index (χ0) is 13.7. The van der Waals surface area contributed by atoms with Gasteiger partial charge in [0.1, 0.15) is 5.69 Å². The van der Waals surface area contributed by atoms with Gasteiger partial charge in [0.05, 0.1) is 6.61 Å². The molecular formula is C13H12N2O3S. The van der Waals surface area contributed by atoms with Crippen LogP contribution in [0.4, 0.5) is 0 Å². The molecule has 0 atom stereocenters. The van der Waals surface area contributed by atoms with Crippen LogP contribution >= 0.6 is 11.3 Å². The number of aromatic nitrogens is 2. The fourth-order valence-corrected chi connectivity index (χ4v) is 2.25. The number of unbranched alkanes of at least 4 members (excludes halogenated alkanes) is 1. The molecule has 0 radical (unpaired) electrons. The van der Waals surface area contributed by atoms with Gasteiger partial charge in [-0.05, 0) is 12.5 Å². The highest BCUT2D eigenvalue weighted by Crippen LogP contribution is 2.24. The first-order valence-corrected chi connectivity index (χ1v) is 6.53. The molecule has 2 rings (SSSR count). The standard InChI is InChI=1S/C13H12N2O3S/c1-2-3-4-8-18-12-10(5-6-11(16)17)15-7-9-19-13(15)14-12/h1,5-7,9H,3-4,8H2,(H,16,17). The molecule has 2 aromatic heterocycles. The van der Waals surface area contributed by atoms with Gasteiger partial charge in [0.25, 0.3) is 0 Å². The van der Waals surface area contributed by atoms with Gasteiger partial charge in [-0.3, -0.25) is 4.40 Å². The van der Waals surface area contributed by atoms with E-state index in [1.165, 1.54) is 17.4 Å². The number of carbonyl (C=O) groups is 1. The maximum atomic E-state index is 10.6. The zero-order valence-corrected chi connectivity index (χ0v) is 10.9. The van der Waals surface area contributed by atoms with Crippen LogP contribution in [0.1, 0.15) is 18.5 Å². The van der Waals surface area contributed by atoms with Gasteiger partial charge in [-0.1, -0.05) is 0 Å². The Bertz CT molecular complexity index is 648. The zero-order valence-electron chi connectivity index (χ0n) is 10.1. The van der Waals surface area contributed by atoms with Crippen LogP contribution in [0.3, 0.4) is 0 Å². The molecular weight excluding hydrogens is 264 g/mol. The van der Waals surface area contributed by atoms with Crippen LogP contribution in [0.2, 0.25) is 0 Å². The molecule has 0 bridgehead atoms. The average molecular weight is 276 g/mol. The molecule has 2 aromatic rings. The summed E-state index contributed by atoms with van der Waals surface area (Å²) >= 11 is 1.46. The molecule has 0 unspecified atom stereocenters. The monoisotopic (exact) mass is 276 g/mol. The molecule has 98 valence electrons. The van der Waals surface area contributed by atoms with E-state index < -0.39 is 5.97 Å². The minimum absolute atomic E-state index is 0.432. The first kappa shape index (κ1) is 13.2. The molecule has 0 saturated heterocycles. The van der Waals surface area contributed by atoms with Crippen LogP contribution in [-0.4, -0.2) is 27.1 Å². The third kappa shape index (κ3) is 3.14. The van der Waals surface area contributed by atoms with Crippen LogP contribution in [0.15, 0.2) is 17.7 Å². The van der Waals surface area contributed by atoms with Crippen molar-refractivity contribution in [1.29, 1.82) is 0 Å². The molecule has 0 aliphatic heterocycles. The number of rotatable bonds is 6. The fourth-order valence-electron chi connectivity index (χ4n) is 1.53. The highest BCUT2D eigenvalue weighted by Gasteiger charge is 2.12. The van der Waals surface area contributed by atoms with Crippen molar-refractivity contribution in [3.05, 3.63) is 23.3 Å². The van der Waals surface area contributed by atoms with Gasteiger partial charge in [0, 0.05) is 24.1 Å². The first-order valence-electron chi connectivity index (χ1n) is 5.65. The van der Waals surface area contributed by atoms with Crippen molar-refractivity contribution < 1.29 is 14.6 Å². The molecule has 0 aromatic carbocycles. The maximum absolute atomic E-state index is 10.6. The summed E-state index contributed by atoms with van der Waals surface area (Å²) in [7, 11) is 0. The quantitative estimate of drug-likeness (QED) is 0.499. The van der Waals surface area contributed by atoms with E-state index in [9.17, 15) is 4.79 Å². The smallest absolute Gasteiger partial charge is 0.328 e. The SMILES string of the molecule is C#CCCCOc1nc2sccn2c1C=CC(=O)O. The van der Waals surface area contributed by atoms with Gasteiger partial charge >= 0.3 is 5.97 Å². The molecule has 2 heterocycles. The van der Waals surface area contributed by atoms with Gasteiger partial charge in [0.2, 0.25) is 5.88 Å². The van der Waals surface area contributed by atoms with Crippen LogP contribution in [0.5, 0.6) is 5.88 Å². The Kier molecular flexibility index (Phi) is 4.21. The van der Waals surface area contributed by atoms with Crippen LogP contribution in [-0.2, 0) is 4.79 Å². The van der Waals surface area contributed by atoms with Crippen LogP contribution in [0, 0.1) is 12.3 Å². The Morgan fingerprint density at radius 3 is 3.26 bits per heavy atom. The number of ether oxygens (including phenoxy) is 1. The Hall–Kier alpha value is -2.26. The first-order chi connectivity index (χ1) is 9.22. The number of terminal acetylenes is 1. The predicted molar refractivity (Wildman–Crippen MR) is 73.3 cm³/mol. The van der Waals surface area contributed by atoms with Gasteiger partial charge in [-0.15, -0.1) is 23.7 Å². The maximum Gasteiger partial charge on any atom is 0.328 e. The lowest BCUT2D eigenvalue weighted by Gasteiger charge is -2.02. The Balaban J connectivity index is 2.21. The highest BCUT2D eigenvalue weighted by molar-refractivity contribution is 7.15. The van der Waals surface area contributed by atoms with Gasteiger partial charge < -0.3 is 9.84 Å². The van der Waals surface area contributed by atoms with Crippen molar-refractivity contribution in [2.45, 2.75) is 12.8 Å². The molecule has 6 heteroatoms. The second-order valence-electron chi connectivity index (χ2n) is 3.69. The third-order valence-corrected chi connectivity index (χ3v) is 3.11. The normalized spacial score (nSPS) is 10.9. The number of hydrogen-bond donors (Lipinski definition) is 1. The second kappa shape index (κ2) is 6.07. The van der Waals surface area contributed by atoms with Crippen molar-refractivity contribution in [1.82, 2.24) is 9.38 Å². The highest BCUT2D eigenvalue weighted by atomic mass is 32.1. The van der Waals surface area contributed by atoms with Crippen LogP contribution < -0.4 is 4.74 Å². The number of imidazole rings is 1. The van der Waals surface area contributed by atoms with Gasteiger partial charge in [-0.25, -0.2) is 4.79 Å². The van der Waals surface area contributed by atoms with E-state index in [-0.39, 0.29) is 0 Å². The van der Waals surface area contributed by atoms with E-state index in [1.807, 2.05) is 11.6 Å². The molecule has 1 N–H and O–H groups in total. The minimum atomic E-state index is -1.01. The minimum Gasteiger partial charge on any atom is -0.478 e. The number of carboxylic acid groups (broad SMARTS) is 1. The van der Waals surface area contributed by atoms with E-state index in [0.29, 0.717) is 24.6 Å². The largest absolute Gasteiger partial charge is 0.478 e. The molecule has 0 fully saturated rings. The summed E-state index contributed by atoms with van der Waals surface area (Å²) in [4.78, 5) is 15.7. The summed E-state index contributed by atoms with van der Waals surface area (Å²) in [5.74, 6) is 1.96. The van der Waals surface area contributed by atoms with Crippen molar-refractivity contribution in [3.8, 4) is 18.2 Å². The molecule has 0 saturated carbocycles.